The van der Waals surface area contributed by atoms with Crippen LogP contribution in [0.2, 0.25) is 5.02 Å². The second-order valence-corrected chi connectivity index (χ2v) is 3.85. The molecule has 16 heavy (non-hydrogen) atoms. The van der Waals surface area contributed by atoms with Gasteiger partial charge in [0.15, 0.2) is 0 Å². The van der Waals surface area contributed by atoms with Crippen LogP contribution in [0.15, 0.2) is 30.7 Å². The molecule has 0 aliphatic heterocycles. The minimum Gasteiger partial charge on any atom is -0.347 e. The third-order valence-corrected chi connectivity index (χ3v) is 2.43. The summed E-state index contributed by atoms with van der Waals surface area (Å²) in [6, 6.07) is 4.53. The standard InChI is InChI=1S/C11H11ClFN3/c12-9-1-2-11(13)8(3-9)4-14-5-10-6-15-7-16-10/h1-3,6-7,14H,4-5H2,(H,15,16). The molecule has 0 saturated carbocycles. The number of hydrogen-bond donors (Lipinski definition) is 2. The highest BCUT2D eigenvalue weighted by molar-refractivity contribution is 6.30. The smallest absolute Gasteiger partial charge is 0.127 e. The molecule has 0 radical (unpaired) electrons. The van der Waals surface area contributed by atoms with E-state index in [1.54, 1.807) is 18.6 Å². The van der Waals surface area contributed by atoms with E-state index < -0.39 is 0 Å². The van der Waals surface area contributed by atoms with Crippen LogP contribution in [0.25, 0.3) is 0 Å². The summed E-state index contributed by atoms with van der Waals surface area (Å²) in [7, 11) is 0. The first-order valence-corrected chi connectivity index (χ1v) is 5.25. The summed E-state index contributed by atoms with van der Waals surface area (Å²) < 4.78 is 13.3. The molecule has 1 aromatic heterocycles. The van der Waals surface area contributed by atoms with Crippen molar-refractivity contribution in [3.8, 4) is 0 Å². The second-order valence-electron chi connectivity index (χ2n) is 3.42. The molecule has 0 fully saturated rings. The van der Waals surface area contributed by atoms with E-state index in [1.807, 2.05) is 0 Å². The topological polar surface area (TPSA) is 40.7 Å². The Kier molecular flexibility index (Phi) is 3.54. The van der Waals surface area contributed by atoms with Crippen LogP contribution >= 0.6 is 11.6 Å². The van der Waals surface area contributed by atoms with Crippen LogP contribution < -0.4 is 5.32 Å². The van der Waals surface area contributed by atoms with Gasteiger partial charge in [-0.1, -0.05) is 11.6 Å². The molecule has 84 valence electrons. The number of hydrogen-bond acceptors (Lipinski definition) is 2. The van der Waals surface area contributed by atoms with Crippen LogP contribution in [0, 0.1) is 5.82 Å². The summed E-state index contributed by atoms with van der Waals surface area (Å²) in [6.45, 7) is 1.05. The molecule has 0 aliphatic rings. The number of aromatic amines is 1. The number of halogens is 2. The maximum absolute atomic E-state index is 13.3. The van der Waals surface area contributed by atoms with Crippen molar-refractivity contribution in [2.24, 2.45) is 0 Å². The van der Waals surface area contributed by atoms with E-state index in [1.165, 1.54) is 12.1 Å². The maximum Gasteiger partial charge on any atom is 0.127 e. The Morgan fingerprint density at radius 3 is 3.00 bits per heavy atom. The highest BCUT2D eigenvalue weighted by Gasteiger charge is 2.02. The normalized spacial score (nSPS) is 10.6. The fourth-order valence-corrected chi connectivity index (χ4v) is 1.59. The molecule has 0 atom stereocenters. The van der Waals surface area contributed by atoms with E-state index in [0.29, 0.717) is 23.7 Å². The summed E-state index contributed by atoms with van der Waals surface area (Å²) in [5.74, 6) is -0.249. The van der Waals surface area contributed by atoms with E-state index >= 15 is 0 Å². The highest BCUT2D eigenvalue weighted by atomic mass is 35.5. The third-order valence-electron chi connectivity index (χ3n) is 2.19. The Hall–Kier alpha value is -1.39. The number of H-pyrrole nitrogens is 1. The Bertz CT molecular complexity index is 456. The monoisotopic (exact) mass is 239 g/mol. The molecule has 5 heteroatoms. The van der Waals surface area contributed by atoms with Gasteiger partial charge in [0.25, 0.3) is 0 Å². The van der Waals surface area contributed by atoms with Gasteiger partial charge in [-0.2, -0.15) is 0 Å². The Labute approximate surface area is 97.7 Å². The largest absolute Gasteiger partial charge is 0.347 e. The van der Waals surface area contributed by atoms with E-state index in [4.69, 9.17) is 11.6 Å². The first-order valence-electron chi connectivity index (χ1n) is 4.87. The average Bonchev–Trinajstić information content (AvgIpc) is 2.76. The lowest BCUT2D eigenvalue weighted by Crippen LogP contribution is -2.13. The summed E-state index contributed by atoms with van der Waals surface area (Å²) in [6.07, 6.45) is 3.33. The van der Waals surface area contributed by atoms with Crippen molar-refractivity contribution >= 4 is 11.6 Å². The van der Waals surface area contributed by atoms with Crippen molar-refractivity contribution in [1.29, 1.82) is 0 Å². The Balaban J connectivity index is 1.92. The third kappa shape index (κ3) is 2.81. The molecule has 0 amide bonds. The van der Waals surface area contributed by atoms with E-state index in [2.05, 4.69) is 15.3 Å². The van der Waals surface area contributed by atoms with Crippen molar-refractivity contribution in [2.45, 2.75) is 13.1 Å². The summed E-state index contributed by atoms with van der Waals surface area (Å²) in [4.78, 5) is 6.84. The van der Waals surface area contributed by atoms with E-state index in [-0.39, 0.29) is 5.82 Å². The van der Waals surface area contributed by atoms with Crippen LogP contribution in [-0.4, -0.2) is 9.97 Å². The van der Waals surface area contributed by atoms with Crippen molar-refractivity contribution in [3.63, 3.8) is 0 Å². The molecule has 3 nitrogen and oxygen atoms in total. The SMILES string of the molecule is Fc1ccc(Cl)cc1CNCc1cnc[nH]1. The van der Waals surface area contributed by atoms with Crippen LogP contribution in [0.1, 0.15) is 11.3 Å². The first kappa shape index (κ1) is 11.1. The Morgan fingerprint density at radius 1 is 1.38 bits per heavy atom. The number of benzene rings is 1. The average molecular weight is 240 g/mol. The lowest BCUT2D eigenvalue weighted by Gasteiger charge is -2.05. The van der Waals surface area contributed by atoms with Crippen LogP contribution in [0.4, 0.5) is 4.39 Å². The molecule has 0 unspecified atom stereocenters. The van der Waals surface area contributed by atoms with Crippen molar-refractivity contribution in [1.82, 2.24) is 15.3 Å². The summed E-state index contributed by atoms with van der Waals surface area (Å²) in [5.41, 5.74) is 1.52. The molecule has 1 heterocycles. The molecular formula is C11H11ClFN3. The Morgan fingerprint density at radius 2 is 2.25 bits per heavy atom. The number of aromatic nitrogens is 2. The van der Waals surface area contributed by atoms with E-state index in [0.717, 1.165) is 5.69 Å². The number of nitrogens with one attached hydrogen (secondary N) is 2. The summed E-state index contributed by atoms with van der Waals surface area (Å²) in [5, 5.41) is 3.64. The molecule has 2 N–H and O–H groups in total. The van der Waals surface area contributed by atoms with Gasteiger partial charge in [-0.25, -0.2) is 9.37 Å². The molecule has 0 spiro atoms. The lowest BCUT2D eigenvalue weighted by atomic mass is 10.2. The minimum atomic E-state index is -0.249. The fraction of sp³-hybridized carbons (Fsp3) is 0.182. The number of imidazole rings is 1. The van der Waals surface area contributed by atoms with Crippen molar-refractivity contribution in [2.75, 3.05) is 0 Å². The predicted molar refractivity (Wildman–Crippen MR) is 60.5 cm³/mol. The molecule has 0 saturated heterocycles. The summed E-state index contributed by atoms with van der Waals surface area (Å²) >= 11 is 5.78. The zero-order valence-corrected chi connectivity index (χ0v) is 9.26. The lowest BCUT2D eigenvalue weighted by molar-refractivity contribution is 0.586. The minimum absolute atomic E-state index is 0.249. The van der Waals surface area contributed by atoms with Gasteiger partial charge < -0.3 is 10.3 Å². The molecule has 2 rings (SSSR count). The maximum atomic E-state index is 13.3. The van der Waals surface area contributed by atoms with Crippen molar-refractivity contribution in [3.05, 3.63) is 52.8 Å². The van der Waals surface area contributed by atoms with Crippen LogP contribution in [0.3, 0.4) is 0 Å². The number of nitrogens with zero attached hydrogens (tertiary/aromatic N) is 1. The van der Waals surface area contributed by atoms with Crippen LogP contribution in [-0.2, 0) is 13.1 Å². The highest BCUT2D eigenvalue weighted by Crippen LogP contribution is 2.14. The number of rotatable bonds is 4. The van der Waals surface area contributed by atoms with Gasteiger partial charge in [-0.15, -0.1) is 0 Å². The molecule has 2 aromatic rings. The van der Waals surface area contributed by atoms with Crippen LogP contribution in [0.5, 0.6) is 0 Å². The van der Waals surface area contributed by atoms with Crippen molar-refractivity contribution < 1.29 is 4.39 Å². The van der Waals surface area contributed by atoms with Gasteiger partial charge in [-0.3, -0.25) is 0 Å². The molecule has 0 bridgehead atoms. The van der Waals surface area contributed by atoms with E-state index in [9.17, 15) is 4.39 Å². The van der Waals surface area contributed by atoms with Gasteiger partial charge in [0.05, 0.1) is 6.33 Å². The molecule has 1 aromatic carbocycles. The van der Waals surface area contributed by atoms with Gasteiger partial charge in [-0.05, 0) is 18.2 Å². The second kappa shape index (κ2) is 5.09. The zero-order chi connectivity index (χ0) is 11.4. The molecule has 0 aliphatic carbocycles. The van der Waals surface area contributed by atoms with Gasteiger partial charge in [0, 0.05) is 35.6 Å². The predicted octanol–water partition coefficient (Wildman–Crippen LogP) is 2.49. The van der Waals surface area contributed by atoms with Gasteiger partial charge in [0.1, 0.15) is 5.82 Å². The fourth-order valence-electron chi connectivity index (χ4n) is 1.39. The quantitative estimate of drug-likeness (QED) is 0.861. The van der Waals surface area contributed by atoms with Gasteiger partial charge in [0.2, 0.25) is 0 Å². The first-order chi connectivity index (χ1) is 7.75. The molecular weight excluding hydrogens is 229 g/mol. The zero-order valence-electron chi connectivity index (χ0n) is 8.50. The van der Waals surface area contributed by atoms with Gasteiger partial charge >= 0.3 is 0 Å².